The molecule has 0 aromatic heterocycles. The van der Waals surface area contributed by atoms with Crippen LogP contribution in [0, 0.1) is 0 Å². The van der Waals surface area contributed by atoms with Crippen molar-refractivity contribution in [2.45, 2.75) is 44.8 Å². The van der Waals surface area contributed by atoms with Gasteiger partial charge in [-0.1, -0.05) is 6.07 Å². The van der Waals surface area contributed by atoms with Gasteiger partial charge >= 0.3 is 0 Å². The summed E-state index contributed by atoms with van der Waals surface area (Å²) in [4.78, 5) is 2.48. The van der Waals surface area contributed by atoms with Crippen LogP contribution in [0.2, 0.25) is 0 Å². The first kappa shape index (κ1) is 12.8. The molecule has 1 saturated heterocycles. The lowest BCUT2D eigenvalue weighted by atomic mass is 9.89. The predicted octanol–water partition coefficient (Wildman–Crippen LogP) is 3.27. The number of nitrogens with zero attached hydrogens (tertiary/aromatic N) is 1. The van der Waals surface area contributed by atoms with Crippen LogP contribution in [0.5, 0.6) is 0 Å². The Bertz CT molecular complexity index is 409. The number of benzene rings is 1. The predicted molar refractivity (Wildman–Crippen MR) is 79.9 cm³/mol. The van der Waals surface area contributed by atoms with Gasteiger partial charge in [0.05, 0.1) is 6.10 Å². The van der Waals surface area contributed by atoms with Crippen LogP contribution in [0.3, 0.4) is 0 Å². The van der Waals surface area contributed by atoms with Crippen molar-refractivity contribution < 1.29 is 4.74 Å². The van der Waals surface area contributed by atoms with Crippen molar-refractivity contribution in [2.75, 3.05) is 29.9 Å². The normalized spacial score (nSPS) is 26.3. The van der Waals surface area contributed by atoms with Gasteiger partial charge in [0.15, 0.2) is 0 Å². The molecule has 3 nitrogen and oxygen atoms in total. The van der Waals surface area contributed by atoms with Gasteiger partial charge in [-0.05, 0) is 50.8 Å². The first-order chi connectivity index (χ1) is 9.35. The van der Waals surface area contributed by atoms with Gasteiger partial charge in [-0.2, -0.15) is 0 Å². The fraction of sp³-hybridized carbons (Fsp3) is 0.625. The molecule has 0 unspecified atom stereocenters. The Kier molecular flexibility index (Phi) is 3.92. The fourth-order valence-electron chi connectivity index (χ4n) is 3.06. The molecule has 1 N–H and O–H groups in total. The van der Waals surface area contributed by atoms with Crippen molar-refractivity contribution in [2.24, 2.45) is 0 Å². The van der Waals surface area contributed by atoms with Crippen LogP contribution in [-0.2, 0) is 4.74 Å². The van der Waals surface area contributed by atoms with Gasteiger partial charge in [0, 0.05) is 37.1 Å². The van der Waals surface area contributed by atoms with Crippen LogP contribution >= 0.6 is 0 Å². The quantitative estimate of drug-likeness (QED) is 0.879. The van der Waals surface area contributed by atoms with Gasteiger partial charge in [-0.15, -0.1) is 0 Å². The molecule has 104 valence electrons. The van der Waals surface area contributed by atoms with E-state index in [0.717, 1.165) is 19.4 Å². The summed E-state index contributed by atoms with van der Waals surface area (Å²) in [5.41, 5.74) is 2.62. The van der Waals surface area contributed by atoms with E-state index in [1.165, 1.54) is 37.3 Å². The first-order valence-electron chi connectivity index (χ1n) is 7.58. The van der Waals surface area contributed by atoms with E-state index in [4.69, 9.17) is 4.74 Å². The second kappa shape index (κ2) is 5.83. The molecule has 1 aliphatic carbocycles. The van der Waals surface area contributed by atoms with E-state index < -0.39 is 0 Å². The van der Waals surface area contributed by atoms with Gasteiger partial charge in [0.1, 0.15) is 0 Å². The third-order valence-corrected chi connectivity index (χ3v) is 4.19. The Hall–Kier alpha value is -1.22. The smallest absolute Gasteiger partial charge is 0.0614 e. The molecule has 0 amide bonds. The summed E-state index contributed by atoms with van der Waals surface area (Å²) in [5, 5.41) is 3.62. The molecule has 1 aromatic rings. The molecule has 0 radical (unpaired) electrons. The van der Waals surface area contributed by atoms with Crippen molar-refractivity contribution >= 4 is 11.4 Å². The zero-order valence-electron chi connectivity index (χ0n) is 11.8. The number of anilines is 2. The van der Waals surface area contributed by atoms with E-state index in [2.05, 4.69) is 41.4 Å². The van der Waals surface area contributed by atoms with Crippen LogP contribution < -0.4 is 10.2 Å². The van der Waals surface area contributed by atoms with E-state index in [1.807, 2.05) is 0 Å². The maximum Gasteiger partial charge on any atom is 0.0614 e. The van der Waals surface area contributed by atoms with Gasteiger partial charge in [0.25, 0.3) is 0 Å². The van der Waals surface area contributed by atoms with Crippen molar-refractivity contribution in [3.8, 4) is 0 Å². The summed E-state index contributed by atoms with van der Waals surface area (Å²) in [5.74, 6) is 0. The number of rotatable bonds is 5. The lowest BCUT2D eigenvalue weighted by Crippen LogP contribution is -2.40. The lowest BCUT2D eigenvalue weighted by molar-refractivity contribution is 0.00299. The highest BCUT2D eigenvalue weighted by atomic mass is 16.5. The molecule has 2 fully saturated rings. The monoisotopic (exact) mass is 260 g/mol. The Morgan fingerprint density at radius 3 is 2.79 bits per heavy atom. The second-order valence-electron chi connectivity index (χ2n) is 5.63. The van der Waals surface area contributed by atoms with Gasteiger partial charge in [-0.25, -0.2) is 0 Å². The van der Waals surface area contributed by atoms with Gasteiger partial charge in [-0.3, -0.25) is 0 Å². The number of hydrogen-bond acceptors (Lipinski definition) is 3. The van der Waals surface area contributed by atoms with E-state index in [1.54, 1.807) is 0 Å². The van der Waals surface area contributed by atoms with Crippen LogP contribution in [0.4, 0.5) is 11.4 Å². The minimum absolute atomic E-state index is 0.476. The highest BCUT2D eigenvalue weighted by Gasteiger charge is 2.29. The molecular formula is C16H24N2O. The molecule has 0 atom stereocenters. The maximum atomic E-state index is 5.60. The summed E-state index contributed by atoms with van der Waals surface area (Å²) in [7, 11) is 0. The average Bonchev–Trinajstić information content (AvgIpc) is 2.91. The standard InChI is InChI=1S/C16H24N2O/c1-2-19-16-11-14(12-16)17-13-6-5-7-15(10-13)18-8-3-4-9-18/h5-7,10,14,16-17H,2-4,8-9,11-12H2,1H3. The molecule has 1 aromatic carbocycles. The highest BCUT2D eigenvalue weighted by Crippen LogP contribution is 2.29. The molecule has 1 saturated carbocycles. The SMILES string of the molecule is CCOC1CC(Nc2cccc(N3CCCC3)c2)C1. The van der Waals surface area contributed by atoms with E-state index in [0.29, 0.717) is 12.1 Å². The van der Waals surface area contributed by atoms with Crippen LogP contribution in [0.15, 0.2) is 24.3 Å². The molecule has 19 heavy (non-hydrogen) atoms. The summed E-state index contributed by atoms with van der Waals surface area (Å²) in [6.07, 6.45) is 5.42. The Labute approximate surface area is 115 Å². The largest absolute Gasteiger partial charge is 0.382 e. The highest BCUT2D eigenvalue weighted by molar-refractivity contribution is 5.59. The van der Waals surface area contributed by atoms with Gasteiger partial charge in [0.2, 0.25) is 0 Å². The topological polar surface area (TPSA) is 24.5 Å². The minimum atomic E-state index is 0.476. The first-order valence-corrected chi connectivity index (χ1v) is 7.58. The molecule has 0 bridgehead atoms. The Morgan fingerprint density at radius 1 is 1.26 bits per heavy atom. The van der Waals surface area contributed by atoms with Crippen molar-refractivity contribution in [1.29, 1.82) is 0 Å². The summed E-state index contributed by atoms with van der Waals surface area (Å²) in [6, 6.07) is 9.44. The molecule has 3 heteroatoms. The van der Waals surface area contributed by atoms with Crippen LogP contribution in [-0.4, -0.2) is 31.8 Å². The third-order valence-electron chi connectivity index (χ3n) is 4.19. The summed E-state index contributed by atoms with van der Waals surface area (Å²) < 4.78 is 5.60. The molecule has 3 rings (SSSR count). The lowest BCUT2D eigenvalue weighted by Gasteiger charge is -2.36. The average molecular weight is 260 g/mol. The molecule has 2 aliphatic rings. The van der Waals surface area contributed by atoms with Crippen molar-refractivity contribution in [3.63, 3.8) is 0 Å². The van der Waals surface area contributed by atoms with E-state index in [-0.39, 0.29) is 0 Å². The summed E-state index contributed by atoms with van der Waals surface area (Å²) in [6.45, 7) is 5.32. The van der Waals surface area contributed by atoms with Gasteiger partial charge < -0.3 is 15.0 Å². The molecule has 0 spiro atoms. The zero-order valence-corrected chi connectivity index (χ0v) is 11.8. The minimum Gasteiger partial charge on any atom is -0.382 e. The number of ether oxygens (including phenoxy) is 1. The van der Waals surface area contributed by atoms with Crippen LogP contribution in [0.25, 0.3) is 0 Å². The zero-order chi connectivity index (χ0) is 13.1. The van der Waals surface area contributed by atoms with Crippen molar-refractivity contribution in [1.82, 2.24) is 0 Å². The third kappa shape index (κ3) is 3.03. The molecular weight excluding hydrogens is 236 g/mol. The van der Waals surface area contributed by atoms with E-state index in [9.17, 15) is 0 Å². The Balaban J connectivity index is 1.55. The summed E-state index contributed by atoms with van der Waals surface area (Å²) >= 11 is 0. The fourth-order valence-corrected chi connectivity index (χ4v) is 3.06. The second-order valence-corrected chi connectivity index (χ2v) is 5.63. The molecule has 1 aliphatic heterocycles. The number of nitrogens with one attached hydrogen (secondary N) is 1. The number of hydrogen-bond donors (Lipinski definition) is 1. The van der Waals surface area contributed by atoms with Crippen LogP contribution in [0.1, 0.15) is 32.6 Å². The Morgan fingerprint density at radius 2 is 2.05 bits per heavy atom. The van der Waals surface area contributed by atoms with E-state index >= 15 is 0 Å². The molecule has 1 heterocycles. The van der Waals surface area contributed by atoms with Crippen molar-refractivity contribution in [3.05, 3.63) is 24.3 Å². The maximum absolute atomic E-state index is 5.60.